The minimum absolute atomic E-state index is 0. The molecule has 0 unspecified atom stereocenters. The normalized spacial score (nSPS) is 15.4. The summed E-state index contributed by atoms with van der Waals surface area (Å²) in [5.41, 5.74) is 2.38. The molecule has 0 aromatic heterocycles. The highest BCUT2D eigenvalue weighted by Crippen LogP contribution is 2.19. The van der Waals surface area contributed by atoms with Gasteiger partial charge in [-0.05, 0) is 49.3 Å². The van der Waals surface area contributed by atoms with Crippen LogP contribution in [0.3, 0.4) is 0 Å². The predicted octanol–water partition coefficient (Wildman–Crippen LogP) is 3.45. The third kappa shape index (κ3) is 7.01. The fraction of sp³-hybridized carbons (Fsp3) is 0.632. The van der Waals surface area contributed by atoms with Gasteiger partial charge in [-0.1, -0.05) is 12.1 Å². The van der Waals surface area contributed by atoms with Gasteiger partial charge in [-0.15, -0.1) is 24.0 Å². The molecule has 25 heavy (non-hydrogen) atoms. The number of aliphatic imine (C=N–C) groups is 1. The number of benzene rings is 1. The first-order valence-electron chi connectivity index (χ1n) is 8.77. The molecular weight excluding hydrogens is 429 g/mol. The van der Waals surface area contributed by atoms with Crippen LogP contribution >= 0.6 is 24.0 Å². The second-order valence-corrected chi connectivity index (χ2v) is 6.47. The van der Waals surface area contributed by atoms with E-state index in [1.54, 1.807) is 7.11 Å². The Morgan fingerprint density at radius 1 is 1.36 bits per heavy atom. The van der Waals surface area contributed by atoms with Gasteiger partial charge in [0.15, 0.2) is 5.96 Å². The maximum absolute atomic E-state index is 5.43. The molecule has 0 spiro atoms. The molecule has 0 saturated carbocycles. The van der Waals surface area contributed by atoms with E-state index >= 15 is 0 Å². The smallest absolute Gasteiger partial charge is 0.193 e. The largest absolute Gasteiger partial charge is 0.496 e. The molecule has 1 saturated heterocycles. The Morgan fingerprint density at radius 3 is 2.68 bits per heavy atom. The van der Waals surface area contributed by atoms with Gasteiger partial charge in [-0.2, -0.15) is 0 Å². The Hall–Kier alpha value is -1.02. The molecule has 1 N–H and O–H groups in total. The number of guanidine groups is 1. The summed E-state index contributed by atoms with van der Waals surface area (Å²) in [6.07, 6.45) is 3.57. The van der Waals surface area contributed by atoms with E-state index in [4.69, 9.17) is 9.47 Å². The topological polar surface area (TPSA) is 46.1 Å². The highest BCUT2D eigenvalue weighted by molar-refractivity contribution is 14.0. The fourth-order valence-electron chi connectivity index (χ4n) is 3.13. The molecule has 1 aromatic rings. The van der Waals surface area contributed by atoms with Gasteiger partial charge >= 0.3 is 0 Å². The summed E-state index contributed by atoms with van der Waals surface area (Å²) in [6.45, 7) is 5.68. The first-order valence-corrected chi connectivity index (χ1v) is 8.77. The molecule has 1 aliphatic rings. The van der Waals surface area contributed by atoms with Gasteiger partial charge in [0, 0.05) is 40.4 Å². The Kier molecular flexibility index (Phi) is 10.2. The monoisotopic (exact) mass is 461 g/mol. The Labute approximate surface area is 169 Å². The van der Waals surface area contributed by atoms with Crippen LogP contribution in [0.1, 0.15) is 30.4 Å². The lowest BCUT2D eigenvalue weighted by Crippen LogP contribution is -2.39. The molecule has 1 aliphatic heterocycles. The maximum Gasteiger partial charge on any atom is 0.193 e. The number of halogens is 1. The molecule has 0 radical (unpaired) electrons. The summed E-state index contributed by atoms with van der Waals surface area (Å²) in [5.74, 6) is 2.65. The van der Waals surface area contributed by atoms with E-state index in [2.05, 4.69) is 41.3 Å². The summed E-state index contributed by atoms with van der Waals surface area (Å²) in [4.78, 5) is 6.62. The van der Waals surface area contributed by atoms with Crippen molar-refractivity contribution >= 4 is 29.9 Å². The summed E-state index contributed by atoms with van der Waals surface area (Å²) in [5, 5.41) is 3.45. The first-order chi connectivity index (χ1) is 11.6. The minimum Gasteiger partial charge on any atom is -0.496 e. The van der Waals surface area contributed by atoms with Gasteiger partial charge < -0.3 is 19.7 Å². The lowest BCUT2D eigenvalue weighted by atomic mass is 9.96. The van der Waals surface area contributed by atoms with Crippen molar-refractivity contribution in [3.8, 4) is 5.75 Å². The van der Waals surface area contributed by atoms with Crippen molar-refractivity contribution in [3.63, 3.8) is 0 Å². The predicted molar refractivity (Wildman–Crippen MR) is 114 cm³/mol. The molecule has 0 bridgehead atoms. The van der Waals surface area contributed by atoms with Gasteiger partial charge in [-0.25, -0.2) is 0 Å². The van der Waals surface area contributed by atoms with Crippen molar-refractivity contribution in [2.45, 2.75) is 32.7 Å². The van der Waals surface area contributed by atoms with Crippen molar-refractivity contribution in [1.29, 1.82) is 0 Å². The van der Waals surface area contributed by atoms with Crippen molar-refractivity contribution in [3.05, 3.63) is 29.3 Å². The van der Waals surface area contributed by atoms with Crippen LogP contribution in [-0.4, -0.2) is 51.8 Å². The lowest BCUT2D eigenvalue weighted by Gasteiger charge is -2.27. The van der Waals surface area contributed by atoms with Crippen LogP contribution in [0.2, 0.25) is 0 Å². The summed E-state index contributed by atoms with van der Waals surface area (Å²) in [6, 6.07) is 6.26. The molecule has 0 aliphatic carbocycles. The third-order valence-electron chi connectivity index (χ3n) is 4.70. The number of nitrogens with zero attached hydrogens (tertiary/aromatic N) is 2. The molecule has 1 aromatic carbocycles. The highest BCUT2D eigenvalue weighted by atomic mass is 127. The molecule has 5 nitrogen and oxygen atoms in total. The van der Waals surface area contributed by atoms with Crippen LogP contribution < -0.4 is 10.1 Å². The molecule has 142 valence electrons. The molecule has 0 amide bonds. The fourth-order valence-corrected chi connectivity index (χ4v) is 3.13. The second kappa shape index (κ2) is 11.6. The van der Waals surface area contributed by atoms with Crippen molar-refractivity contribution in [1.82, 2.24) is 10.2 Å². The van der Waals surface area contributed by atoms with Crippen LogP contribution in [-0.2, 0) is 11.3 Å². The number of hydrogen-bond acceptors (Lipinski definition) is 3. The lowest BCUT2D eigenvalue weighted by molar-refractivity contribution is 0.0625. The molecule has 2 rings (SSSR count). The minimum atomic E-state index is 0. The van der Waals surface area contributed by atoms with Crippen LogP contribution in [0.25, 0.3) is 0 Å². The Morgan fingerprint density at radius 2 is 2.08 bits per heavy atom. The second-order valence-electron chi connectivity index (χ2n) is 6.47. The van der Waals surface area contributed by atoms with Gasteiger partial charge in [0.25, 0.3) is 0 Å². The van der Waals surface area contributed by atoms with E-state index in [-0.39, 0.29) is 24.0 Å². The molecule has 1 heterocycles. The van der Waals surface area contributed by atoms with E-state index in [0.717, 1.165) is 49.5 Å². The zero-order valence-electron chi connectivity index (χ0n) is 15.9. The van der Waals surface area contributed by atoms with E-state index in [0.29, 0.717) is 0 Å². The van der Waals surface area contributed by atoms with E-state index < -0.39 is 0 Å². The number of hydrogen-bond donors (Lipinski definition) is 1. The molecule has 0 atom stereocenters. The molecular formula is C19H32IN3O2. The molecule has 6 heteroatoms. The Bertz CT molecular complexity index is 545. The average Bonchev–Trinajstić information content (AvgIpc) is 2.61. The van der Waals surface area contributed by atoms with Crippen molar-refractivity contribution in [2.24, 2.45) is 10.9 Å². The number of rotatable bonds is 6. The van der Waals surface area contributed by atoms with E-state index in [1.165, 1.54) is 24.8 Å². The summed E-state index contributed by atoms with van der Waals surface area (Å²) < 4.78 is 10.7. The Balaban J connectivity index is 0.00000312. The highest BCUT2D eigenvalue weighted by Gasteiger charge is 2.15. The van der Waals surface area contributed by atoms with Crippen LogP contribution in [0.15, 0.2) is 23.2 Å². The third-order valence-corrected chi connectivity index (χ3v) is 4.70. The maximum atomic E-state index is 5.43. The van der Waals surface area contributed by atoms with Gasteiger partial charge in [0.1, 0.15) is 5.75 Å². The first kappa shape index (κ1) is 22.0. The van der Waals surface area contributed by atoms with Crippen molar-refractivity contribution < 1.29 is 9.47 Å². The van der Waals surface area contributed by atoms with Crippen LogP contribution in [0.4, 0.5) is 0 Å². The zero-order valence-corrected chi connectivity index (χ0v) is 18.2. The van der Waals surface area contributed by atoms with E-state index in [9.17, 15) is 0 Å². The quantitative estimate of drug-likeness (QED) is 0.401. The standard InChI is InChI=1S/C19H31N3O2.HI/c1-15-13-17(5-6-18(15)23-4)14-21-19(20-2)22(3)10-7-16-8-11-24-12-9-16;/h5-6,13,16H,7-12,14H2,1-4H3,(H,20,21);1H. The average molecular weight is 461 g/mol. The van der Waals surface area contributed by atoms with Crippen LogP contribution in [0.5, 0.6) is 5.75 Å². The van der Waals surface area contributed by atoms with Gasteiger partial charge in [0.05, 0.1) is 7.11 Å². The molecule has 1 fully saturated rings. The summed E-state index contributed by atoms with van der Waals surface area (Å²) >= 11 is 0. The van der Waals surface area contributed by atoms with Gasteiger partial charge in [0.2, 0.25) is 0 Å². The van der Waals surface area contributed by atoms with Gasteiger partial charge in [-0.3, -0.25) is 4.99 Å². The van der Waals surface area contributed by atoms with Crippen LogP contribution in [0, 0.1) is 12.8 Å². The number of nitrogens with one attached hydrogen (secondary N) is 1. The van der Waals surface area contributed by atoms with Crippen molar-refractivity contribution in [2.75, 3.05) is 41.0 Å². The zero-order chi connectivity index (χ0) is 17.4. The SMILES string of the molecule is CN=C(NCc1ccc(OC)c(C)c1)N(C)CCC1CCOCC1.I. The number of ether oxygens (including phenoxy) is 2. The van der Waals surface area contributed by atoms with E-state index in [1.807, 2.05) is 13.1 Å². The number of methoxy groups -OCH3 is 1. The summed E-state index contributed by atoms with van der Waals surface area (Å²) in [7, 11) is 5.65. The number of aryl methyl sites for hydroxylation is 1.